The van der Waals surface area contributed by atoms with E-state index >= 15 is 0 Å². The highest BCUT2D eigenvalue weighted by molar-refractivity contribution is 5.68. The van der Waals surface area contributed by atoms with E-state index in [0.29, 0.717) is 0 Å². The molecule has 0 spiro atoms. The Labute approximate surface area is 89.2 Å². The molecule has 2 unspecified atom stereocenters. The molecular formula is C8H12F4N2O2. The summed E-state index contributed by atoms with van der Waals surface area (Å²) in [7, 11) is 0. The fourth-order valence-electron chi connectivity index (χ4n) is 1.78. The van der Waals surface area contributed by atoms with E-state index in [1.165, 1.54) is 0 Å². The Kier molecular flexibility index (Phi) is 4.09. The summed E-state index contributed by atoms with van der Waals surface area (Å²) in [6.45, 7) is -1.32. The first-order valence-electron chi connectivity index (χ1n) is 4.73. The number of hydrogen-bond donors (Lipinski definition) is 2. The van der Waals surface area contributed by atoms with Crippen molar-refractivity contribution in [3.05, 3.63) is 0 Å². The molecule has 2 atom stereocenters. The topological polar surface area (TPSA) is 52.6 Å². The number of aliphatic carboxylic acids is 1. The first-order chi connectivity index (χ1) is 7.30. The van der Waals surface area contributed by atoms with Gasteiger partial charge in [-0.15, -0.1) is 9.60 Å². The van der Waals surface area contributed by atoms with E-state index in [0.717, 1.165) is 0 Å². The van der Waals surface area contributed by atoms with Crippen LogP contribution in [0.4, 0.5) is 17.7 Å². The van der Waals surface area contributed by atoms with E-state index in [-0.39, 0.29) is 18.1 Å². The van der Waals surface area contributed by atoms with Gasteiger partial charge in [0.2, 0.25) is 0 Å². The van der Waals surface area contributed by atoms with E-state index in [4.69, 9.17) is 5.11 Å². The Morgan fingerprint density at radius 2 is 2.12 bits per heavy atom. The third-order valence-electron chi connectivity index (χ3n) is 2.47. The molecule has 94 valence electrons. The van der Waals surface area contributed by atoms with Gasteiger partial charge in [0.25, 0.3) is 0 Å². The Morgan fingerprint density at radius 3 is 2.62 bits per heavy atom. The summed E-state index contributed by atoms with van der Waals surface area (Å²) in [4.78, 5) is 10.1. The zero-order chi connectivity index (χ0) is 12.3. The first-order valence-corrected chi connectivity index (χ1v) is 4.73. The zero-order valence-electron chi connectivity index (χ0n) is 8.30. The van der Waals surface area contributed by atoms with Gasteiger partial charge >= 0.3 is 12.1 Å². The fourth-order valence-corrected chi connectivity index (χ4v) is 1.78. The van der Waals surface area contributed by atoms with Crippen LogP contribution in [0.25, 0.3) is 0 Å². The molecule has 1 heterocycles. The van der Waals surface area contributed by atoms with Gasteiger partial charge in [0, 0.05) is 12.6 Å². The summed E-state index contributed by atoms with van der Waals surface area (Å²) in [6, 6.07) is -1.08. The van der Waals surface area contributed by atoms with Crippen LogP contribution >= 0.6 is 0 Å². The van der Waals surface area contributed by atoms with Crippen LogP contribution in [0, 0.1) is 5.92 Å². The minimum Gasteiger partial charge on any atom is -0.480 e. The van der Waals surface area contributed by atoms with Gasteiger partial charge in [0.15, 0.2) is 0 Å². The van der Waals surface area contributed by atoms with Crippen molar-refractivity contribution in [2.75, 3.05) is 19.6 Å². The van der Waals surface area contributed by atoms with Gasteiger partial charge in [-0.05, 0) is 13.0 Å². The number of halogens is 4. The molecule has 0 saturated carbocycles. The number of alkyl halides is 3. The van der Waals surface area contributed by atoms with Crippen molar-refractivity contribution >= 4 is 5.97 Å². The number of nitrogens with zero attached hydrogens (tertiary/aromatic N) is 1. The lowest BCUT2D eigenvalue weighted by atomic mass is 10.0. The van der Waals surface area contributed by atoms with E-state index < -0.39 is 37.2 Å². The number of hydrogen-bond acceptors (Lipinski definition) is 3. The van der Waals surface area contributed by atoms with Crippen LogP contribution < -0.4 is 5.32 Å². The van der Waals surface area contributed by atoms with Gasteiger partial charge in [-0.25, -0.2) is 0 Å². The second kappa shape index (κ2) is 4.96. The van der Waals surface area contributed by atoms with Gasteiger partial charge in [-0.3, -0.25) is 4.79 Å². The first kappa shape index (κ1) is 13.2. The number of carbonyl (C=O) groups is 1. The zero-order valence-corrected chi connectivity index (χ0v) is 8.30. The van der Waals surface area contributed by atoms with Gasteiger partial charge in [-0.2, -0.15) is 13.2 Å². The number of rotatable bonds is 4. The maximum atomic E-state index is 12.9. The fraction of sp³-hybridized carbons (Fsp3) is 0.875. The average Bonchev–Trinajstić information content (AvgIpc) is 2.48. The Morgan fingerprint density at radius 1 is 1.50 bits per heavy atom. The molecule has 0 bridgehead atoms. The van der Waals surface area contributed by atoms with Crippen LogP contribution in [-0.2, 0) is 4.79 Å². The summed E-state index contributed by atoms with van der Waals surface area (Å²) >= 11 is 0. The highest BCUT2D eigenvalue weighted by atomic mass is 19.4. The van der Waals surface area contributed by atoms with E-state index in [9.17, 15) is 22.4 Å². The Bertz CT molecular complexity index is 259. The highest BCUT2D eigenvalue weighted by Crippen LogP contribution is 2.34. The van der Waals surface area contributed by atoms with Crippen LogP contribution in [0.1, 0.15) is 6.42 Å². The Balaban J connectivity index is 2.50. The van der Waals surface area contributed by atoms with Crippen molar-refractivity contribution in [1.82, 2.24) is 10.4 Å². The van der Waals surface area contributed by atoms with Crippen LogP contribution in [0.5, 0.6) is 0 Å². The number of nitrogens with one attached hydrogen (secondary N) is 1. The molecule has 2 N–H and O–H groups in total. The van der Waals surface area contributed by atoms with Crippen molar-refractivity contribution in [3.63, 3.8) is 0 Å². The second-order valence-electron chi connectivity index (χ2n) is 3.69. The molecule has 0 aromatic rings. The predicted molar refractivity (Wildman–Crippen MR) is 46.3 cm³/mol. The summed E-state index contributed by atoms with van der Waals surface area (Å²) < 4.78 is 50.2. The van der Waals surface area contributed by atoms with Gasteiger partial charge in [0.1, 0.15) is 6.54 Å². The molecular weight excluding hydrogens is 232 g/mol. The standard InChI is InChI=1S/C8H12F4N2O2/c9-8(10,11)5-1-2-13-6(5)3-14(12)4-7(15)16/h5-6,13H,1-4H2,(H,15,16). The normalized spacial score (nSPS) is 26.3. The molecule has 4 nitrogen and oxygen atoms in total. The molecule has 8 heteroatoms. The number of carboxylic acid groups (broad SMARTS) is 1. The summed E-state index contributed by atoms with van der Waals surface area (Å²) in [5.41, 5.74) is 0. The summed E-state index contributed by atoms with van der Waals surface area (Å²) in [5.74, 6) is -3.02. The third kappa shape index (κ3) is 3.60. The van der Waals surface area contributed by atoms with Crippen LogP contribution in [0.15, 0.2) is 0 Å². The minimum absolute atomic E-state index is 0.102. The van der Waals surface area contributed by atoms with Crippen molar-refractivity contribution in [1.29, 1.82) is 0 Å². The molecule has 1 fully saturated rings. The van der Waals surface area contributed by atoms with Crippen molar-refractivity contribution in [3.8, 4) is 0 Å². The molecule has 0 aliphatic carbocycles. The average molecular weight is 244 g/mol. The number of carboxylic acids is 1. The second-order valence-corrected chi connectivity index (χ2v) is 3.69. The maximum absolute atomic E-state index is 12.9. The highest BCUT2D eigenvalue weighted by Gasteiger charge is 2.47. The summed E-state index contributed by atoms with van der Waals surface area (Å²) in [6.07, 6.45) is -4.48. The van der Waals surface area contributed by atoms with Crippen LogP contribution in [0.2, 0.25) is 0 Å². The van der Waals surface area contributed by atoms with E-state index in [1.807, 2.05) is 0 Å². The molecule has 16 heavy (non-hydrogen) atoms. The third-order valence-corrected chi connectivity index (χ3v) is 2.47. The summed E-state index contributed by atoms with van der Waals surface area (Å²) in [5, 5.41) is 10.7. The van der Waals surface area contributed by atoms with E-state index in [2.05, 4.69) is 5.32 Å². The van der Waals surface area contributed by atoms with Gasteiger partial charge < -0.3 is 10.4 Å². The van der Waals surface area contributed by atoms with Crippen molar-refractivity contribution in [2.45, 2.75) is 18.6 Å². The SMILES string of the molecule is O=C(O)CN(F)CC1NCCC1C(F)(F)F. The molecule has 1 aliphatic heterocycles. The molecule has 0 amide bonds. The largest absolute Gasteiger partial charge is 0.480 e. The molecule has 0 radical (unpaired) electrons. The molecule has 1 rings (SSSR count). The predicted octanol–water partition coefficient (Wildman–Crippen LogP) is 0.798. The lowest BCUT2D eigenvalue weighted by molar-refractivity contribution is -0.180. The maximum Gasteiger partial charge on any atom is 0.393 e. The van der Waals surface area contributed by atoms with Crippen molar-refractivity contribution in [2.24, 2.45) is 5.92 Å². The van der Waals surface area contributed by atoms with Crippen LogP contribution in [0.3, 0.4) is 0 Å². The molecule has 0 aromatic carbocycles. The van der Waals surface area contributed by atoms with E-state index in [1.54, 1.807) is 0 Å². The minimum atomic E-state index is -4.38. The van der Waals surface area contributed by atoms with Crippen LogP contribution in [-0.4, -0.2) is 48.1 Å². The molecule has 0 aromatic heterocycles. The van der Waals surface area contributed by atoms with Gasteiger partial charge in [0.05, 0.1) is 5.92 Å². The quantitative estimate of drug-likeness (QED) is 0.567. The smallest absolute Gasteiger partial charge is 0.393 e. The lowest BCUT2D eigenvalue weighted by Crippen LogP contribution is -2.43. The lowest BCUT2D eigenvalue weighted by Gasteiger charge is -2.23. The molecule has 1 saturated heterocycles. The monoisotopic (exact) mass is 244 g/mol. The van der Waals surface area contributed by atoms with Crippen molar-refractivity contribution < 1.29 is 27.6 Å². The molecule has 1 aliphatic rings. The Hall–Kier alpha value is -0.890. The van der Waals surface area contributed by atoms with Gasteiger partial charge in [-0.1, -0.05) is 0 Å².